The lowest BCUT2D eigenvalue weighted by Crippen LogP contribution is -2.14. The van der Waals surface area contributed by atoms with Crippen molar-refractivity contribution < 1.29 is 4.79 Å². The number of nitrogens with two attached hydrogens (primary N) is 1. The van der Waals surface area contributed by atoms with Crippen LogP contribution in [-0.2, 0) is 0 Å². The number of aryl methyl sites for hydroxylation is 2. The van der Waals surface area contributed by atoms with Crippen LogP contribution in [-0.4, -0.2) is 15.9 Å². The number of aromatic nitrogens is 2. The number of hydrogen-bond donors (Lipinski definition) is 2. The second kappa shape index (κ2) is 5.36. The zero-order valence-corrected chi connectivity index (χ0v) is 11.9. The van der Waals surface area contributed by atoms with E-state index in [0.717, 1.165) is 16.4 Å². The zero-order valence-electron chi connectivity index (χ0n) is 11.1. The molecule has 3 N–H and O–H groups in total. The van der Waals surface area contributed by atoms with Gasteiger partial charge in [0.05, 0.1) is 16.7 Å². The van der Waals surface area contributed by atoms with Crippen LogP contribution in [0.4, 0.5) is 5.69 Å². The van der Waals surface area contributed by atoms with E-state index < -0.39 is 5.91 Å². The molecular formula is C13H16N4OS. The Morgan fingerprint density at radius 2 is 2.21 bits per heavy atom. The van der Waals surface area contributed by atoms with Crippen LogP contribution in [0.5, 0.6) is 0 Å². The molecule has 5 nitrogen and oxygen atoms in total. The molecule has 0 bridgehead atoms. The normalized spacial score (nSPS) is 12.2. The first-order valence-corrected chi connectivity index (χ1v) is 6.75. The third-order valence-corrected chi connectivity index (χ3v) is 3.98. The molecular weight excluding hydrogens is 260 g/mol. The Labute approximate surface area is 115 Å². The molecule has 0 aliphatic rings. The van der Waals surface area contributed by atoms with E-state index in [1.54, 1.807) is 23.6 Å². The summed E-state index contributed by atoms with van der Waals surface area (Å²) in [6, 6.07) is 3.59. The standard InChI is InChI=1S/C13H16N4OS/c1-7-12(19-9(3)16-7)8(2)17-10-4-5-15-11(6-10)13(14)18/h4-6,8H,1-3H3,(H2,14,18)(H,15,17). The molecule has 0 saturated heterocycles. The Morgan fingerprint density at radius 3 is 2.79 bits per heavy atom. The maximum atomic E-state index is 11.1. The first-order valence-electron chi connectivity index (χ1n) is 5.93. The van der Waals surface area contributed by atoms with Crippen molar-refractivity contribution in [1.29, 1.82) is 0 Å². The van der Waals surface area contributed by atoms with Crippen molar-refractivity contribution in [2.75, 3.05) is 5.32 Å². The molecule has 0 fully saturated rings. The molecule has 0 spiro atoms. The van der Waals surface area contributed by atoms with Gasteiger partial charge in [-0.05, 0) is 32.9 Å². The molecule has 19 heavy (non-hydrogen) atoms. The van der Waals surface area contributed by atoms with Gasteiger partial charge in [0.2, 0.25) is 0 Å². The number of thiazole rings is 1. The van der Waals surface area contributed by atoms with Crippen molar-refractivity contribution in [2.45, 2.75) is 26.8 Å². The van der Waals surface area contributed by atoms with E-state index in [1.807, 2.05) is 19.9 Å². The van der Waals surface area contributed by atoms with Crippen LogP contribution >= 0.6 is 11.3 Å². The van der Waals surface area contributed by atoms with E-state index >= 15 is 0 Å². The highest BCUT2D eigenvalue weighted by Crippen LogP contribution is 2.27. The monoisotopic (exact) mass is 276 g/mol. The second-order valence-electron chi connectivity index (χ2n) is 4.34. The van der Waals surface area contributed by atoms with E-state index in [4.69, 9.17) is 5.73 Å². The van der Waals surface area contributed by atoms with Crippen molar-refractivity contribution in [3.63, 3.8) is 0 Å². The first kappa shape index (κ1) is 13.5. The molecule has 0 aliphatic heterocycles. The van der Waals surface area contributed by atoms with E-state index in [9.17, 15) is 4.79 Å². The van der Waals surface area contributed by atoms with Gasteiger partial charge in [-0.25, -0.2) is 4.98 Å². The topological polar surface area (TPSA) is 80.9 Å². The van der Waals surface area contributed by atoms with Crippen LogP contribution in [0, 0.1) is 13.8 Å². The molecule has 0 radical (unpaired) electrons. The fourth-order valence-corrected chi connectivity index (χ4v) is 2.85. The number of primary amides is 1. The summed E-state index contributed by atoms with van der Waals surface area (Å²) in [6.07, 6.45) is 1.57. The molecule has 0 saturated carbocycles. The molecule has 0 aliphatic carbocycles. The van der Waals surface area contributed by atoms with Crippen LogP contribution in [0.2, 0.25) is 0 Å². The summed E-state index contributed by atoms with van der Waals surface area (Å²) in [7, 11) is 0. The van der Waals surface area contributed by atoms with Gasteiger partial charge in [0.15, 0.2) is 0 Å². The number of hydrogen-bond acceptors (Lipinski definition) is 5. The van der Waals surface area contributed by atoms with Gasteiger partial charge in [0, 0.05) is 16.8 Å². The van der Waals surface area contributed by atoms with Crippen LogP contribution in [0.15, 0.2) is 18.3 Å². The predicted octanol–water partition coefficient (Wildman–Crippen LogP) is 2.43. The lowest BCUT2D eigenvalue weighted by molar-refractivity contribution is 0.0995. The van der Waals surface area contributed by atoms with Gasteiger partial charge < -0.3 is 11.1 Å². The summed E-state index contributed by atoms with van der Waals surface area (Å²) in [5.41, 5.74) is 7.33. The van der Waals surface area contributed by atoms with Crippen molar-refractivity contribution in [3.05, 3.63) is 39.6 Å². The number of carbonyl (C=O) groups is 1. The highest BCUT2D eigenvalue weighted by atomic mass is 32.1. The average Bonchev–Trinajstić information content (AvgIpc) is 2.69. The Bertz CT molecular complexity index is 608. The van der Waals surface area contributed by atoms with Crippen LogP contribution in [0.25, 0.3) is 0 Å². The van der Waals surface area contributed by atoms with Gasteiger partial charge in [0.25, 0.3) is 5.91 Å². The molecule has 2 rings (SSSR count). The summed E-state index contributed by atoms with van der Waals surface area (Å²) in [5, 5.41) is 4.38. The summed E-state index contributed by atoms with van der Waals surface area (Å²) in [5.74, 6) is -0.527. The minimum Gasteiger partial charge on any atom is -0.378 e. The van der Waals surface area contributed by atoms with Crippen molar-refractivity contribution >= 4 is 22.9 Å². The van der Waals surface area contributed by atoms with E-state index in [1.165, 1.54) is 4.88 Å². The highest BCUT2D eigenvalue weighted by molar-refractivity contribution is 7.11. The molecule has 2 aromatic rings. The minimum absolute atomic E-state index is 0.120. The molecule has 100 valence electrons. The van der Waals surface area contributed by atoms with Crippen LogP contribution in [0.1, 0.15) is 39.0 Å². The number of nitrogens with zero attached hydrogens (tertiary/aromatic N) is 2. The zero-order chi connectivity index (χ0) is 14.0. The second-order valence-corrected chi connectivity index (χ2v) is 5.58. The Balaban J connectivity index is 2.19. The molecule has 6 heteroatoms. The van der Waals surface area contributed by atoms with Crippen molar-refractivity contribution in [1.82, 2.24) is 9.97 Å². The fraction of sp³-hybridized carbons (Fsp3) is 0.308. The minimum atomic E-state index is -0.527. The van der Waals surface area contributed by atoms with Crippen molar-refractivity contribution in [3.8, 4) is 0 Å². The molecule has 1 unspecified atom stereocenters. The summed E-state index contributed by atoms with van der Waals surface area (Å²) < 4.78 is 0. The Hall–Kier alpha value is -1.95. The van der Waals surface area contributed by atoms with Gasteiger partial charge in [0.1, 0.15) is 5.69 Å². The van der Waals surface area contributed by atoms with Crippen molar-refractivity contribution in [2.24, 2.45) is 5.73 Å². The average molecular weight is 276 g/mol. The van der Waals surface area contributed by atoms with Gasteiger partial charge >= 0.3 is 0 Å². The lowest BCUT2D eigenvalue weighted by atomic mass is 10.2. The highest BCUT2D eigenvalue weighted by Gasteiger charge is 2.13. The third-order valence-electron chi connectivity index (χ3n) is 2.73. The lowest BCUT2D eigenvalue weighted by Gasteiger charge is -2.14. The number of anilines is 1. The van der Waals surface area contributed by atoms with Gasteiger partial charge in [-0.2, -0.15) is 0 Å². The molecule has 1 amide bonds. The van der Waals surface area contributed by atoms with E-state index in [-0.39, 0.29) is 11.7 Å². The van der Waals surface area contributed by atoms with Gasteiger partial charge in [-0.3, -0.25) is 9.78 Å². The van der Waals surface area contributed by atoms with Crippen LogP contribution in [0.3, 0.4) is 0 Å². The molecule has 2 heterocycles. The number of pyridine rings is 1. The summed E-state index contributed by atoms with van der Waals surface area (Å²) in [6.45, 7) is 6.05. The number of amides is 1. The third kappa shape index (κ3) is 3.08. The SMILES string of the molecule is Cc1nc(C)c(C(C)Nc2ccnc(C(N)=O)c2)s1. The quantitative estimate of drug-likeness (QED) is 0.898. The fourth-order valence-electron chi connectivity index (χ4n) is 1.92. The maximum Gasteiger partial charge on any atom is 0.267 e. The Morgan fingerprint density at radius 1 is 1.47 bits per heavy atom. The first-order chi connectivity index (χ1) is 8.97. The number of carbonyl (C=O) groups excluding carboxylic acids is 1. The summed E-state index contributed by atoms with van der Waals surface area (Å²) in [4.78, 5) is 20.6. The molecule has 1 atom stereocenters. The molecule has 2 aromatic heterocycles. The predicted molar refractivity (Wildman–Crippen MR) is 76.4 cm³/mol. The smallest absolute Gasteiger partial charge is 0.267 e. The Kier molecular flexibility index (Phi) is 3.80. The van der Waals surface area contributed by atoms with Gasteiger partial charge in [-0.1, -0.05) is 0 Å². The number of nitrogens with one attached hydrogen (secondary N) is 1. The largest absolute Gasteiger partial charge is 0.378 e. The van der Waals surface area contributed by atoms with E-state index in [2.05, 4.69) is 22.2 Å². The maximum absolute atomic E-state index is 11.1. The summed E-state index contributed by atoms with van der Waals surface area (Å²) >= 11 is 1.67. The van der Waals surface area contributed by atoms with Crippen LogP contribution < -0.4 is 11.1 Å². The van der Waals surface area contributed by atoms with Gasteiger partial charge in [-0.15, -0.1) is 11.3 Å². The molecule has 0 aromatic carbocycles. The number of rotatable bonds is 4. The van der Waals surface area contributed by atoms with E-state index in [0.29, 0.717) is 0 Å².